The van der Waals surface area contributed by atoms with Crippen LogP contribution in [-0.4, -0.2) is 13.0 Å². The number of fused-ring (bicyclic) bond motifs is 1. The van der Waals surface area contributed by atoms with Crippen LogP contribution < -0.4 is 0 Å². The fourth-order valence-corrected chi connectivity index (χ4v) is 4.60. The van der Waals surface area contributed by atoms with E-state index in [0.29, 0.717) is 23.6 Å². The summed E-state index contributed by atoms with van der Waals surface area (Å²) >= 11 is 0. The summed E-state index contributed by atoms with van der Waals surface area (Å²) in [5.74, 6) is 1.20. The normalized spacial score (nSPS) is 12.4. The van der Waals surface area contributed by atoms with Crippen LogP contribution in [-0.2, 0) is 23.0 Å². The van der Waals surface area contributed by atoms with Gasteiger partial charge in [0, 0.05) is 5.39 Å². The Kier molecular flexibility index (Phi) is 7.24. The van der Waals surface area contributed by atoms with Gasteiger partial charge in [-0.05, 0) is 54.0 Å². The van der Waals surface area contributed by atoms with Crippen molar-refractivity contribution < 1.29 is 13.0 Å². The molecule has 4 heteroatoms. The molecule has 0 aromatic heterocycles. The molecule has 3 nitrogen and oxygen atoms in total. The molecule has 2 rings (SSSR count). The molecule has 0 saturated heterocycles. The van der Waals surface area contributed by atoms with Crippen LogP contribution >= 0.6 is 0 Å². The molecule has 0 saturated carbocycles. The predicted octanol–water partition coefficient (Wildman–Crippen LogP) is 6.04. The van der Waals surface area contributed by atoms with Crippen molar-refractivity contribution >= 4 is 20.9 Å². The van der Waals surface area contributed by atoms with Crippen LogP contribution in [0.25, 0.3) is 10.8 Å². The molecule has 144 valence electrons. The first-order valence-corrected chi connectivity index (χ1v) is 11.1. The number of benzene rings is 2. The molecule has 0 atom stereocenters. The van der Waals surface area contributed by atoms with Gasteiger partial charge < -0.3 is 0 Å². The van der Waals surface area contributed by atoms with Crippen molar-refractivity contribution in [3.63, 3.8) is 0 Å². The molecule has 0 radical (unpaired) electrons. The van der Waals surface area contributed by atoms with Crippen LogP contribution in [0.4, 0.5) is 0 Å². The first kappa shape index (κ1) is 20.9. The Bertz CT molecular complexity index is 836. The maximum absolute atomic E-state index is 12.3. The van der Waals surface area contributed by atoms with Crippen molar-refractivity contribution in [2.24, 2.45) is 11.8 Å². The Hall–Kier alpha value is -1.39. The topological polar surface area (TPSA) is 54.4 Å². The van der Waals surface area contributed by atoms with E-state index in [9.17, 15) is 13.0 Å². The van der Waals surface area contributed by atoms with Crippen molar-refractivity contribution in [3.05, 3.63) is 41.5 Å². The second-order valence-electron chi connectivity index (χ2n) is 8.11. The molecule has 2 aromatic carbocycles. The second kappa shape index (κ2) is 9.01. The van der Waals surface area contributed by atoms with Gasteiger partial charge in [0.05, 0.1) is 0 Å². The Labute approximate surface area is 158 Å². The number of hydrogen-bond acceptors (Lipinski definition) is 2. The number of hydrogen-bond donors (Lipinski definition) is 1. The highest BCUT2D eigenvalue weighted by Crippen LogP contribution is 2.32. The Morgan fingerprint density at radius 2 is 1.50 bits per heavy atom. The monoisotopic (exact) mass is 376 g/mol. The highest BCUT2D eigenvalue weighted by Gasteiger charge is 2.22. The molecule has 0 amide bonds. The standard InChI is InChI=1S/C22H32O3S/c1-16(2)9-7-12-19-15-18-11-5-6-13-20(18)22(26(23,24)25)21(19)14-8-10-17(3)4/h5-6,11,13,15-17H,7-10,12,14H2,1-4H3,(H,23,24,25). The molecule has 2 aromatic rings. The van der Waals surface area contributed by atoms with Crippen LogP contribution in [0.3, 0.4) is 0 Å². The van der Waals surface area contributed by atoms with E-state index >= 15 is 0 Å². The van der Waals surface area contributed by atoms with Crippen molar-refractivity contribution in [2.75, 3.05) is 0 Å². The molecule has 0 aliphatic heterocycles. The zero-order valence-corrected chi connectivity index (χ0v) is 17.3. The van der Waals surface area contributed by atoms with Crippen LogP contribution in [0.15, 0.2) is 35.2 Å². The van der Waals surface area contributed by atoms with E-state index in [1.807, 2.05) is 18.2 Å². The fraction of sp³-hybridized carbons (Fsp3) is 0.545. The molecular weight excluding hydrogens is 344 g/mol. The summed E-state index contributed by atoms with van der Waals surface area (Å²) in [6.07, 6.45) is 5.65. The van der Waals surface area contributed by atoms with Crippen molar-refractivity contribution in [3.8, 4) is 0 Å². The molecular formula is C22H32O3S. The number of aryl methyl sites for hydroxylation is 1. The van der Waals surface area contributed by atoms with Gasteiger partial charge >= 0.3 is 0 Å². The summed E-state index contributed by atoms with van der Waals surface area (Å²) in [6.45, 7) is 8.75. The maximum Gasteiger partial charge on any atom is 0.295 e. The Balaban J connectivity index is 2.54. The molecule has 0 aliphatic rings. The van der Waals surface area contributed by atoms with Crippen LogP contribution in [0.1, 0.15) is 64.5 Å². The second-order valence-corrected chi connectivity index (χ2v) is 9.47. The highest BCUT2D eigenvalue weighted by molar-refractivity contribution is 7.86. The van der Waals surface area contributed by atoms with Gasteiger partial charge in [-0.2, -0.15) is 8.42 Å². The summed E-state index contributed by atoms with van der Waals surface area (Å²) in [4.78, 5) is 0.124. The lowest BCUT2D eigenvalue weighted by molar-refractivity contribution is 0.482. The van der Waals surface area contributed by atoms with Gasteiger partial charge in [0.2, 0.25) is 0 Å². The van der Waals surface area contributed by atoms with Gasteiger partial charge in [-0.1, -0.05) is 70.9 Å². The third-order valence-electron chi connectivity index (χ3n) is 4.89. The third-order valence-corrected chi connectivity index (χ3v) is 5.87. The summed E-state index contributed by atoms with van der Waals surface area (Å²) in [6, 6.07) is 9.57. The first-order chi connectivity index (χ1) is 12.2. The minimum absolute atomic E-state index is 0.124. The van der Waals surface area contributed by atoms with Crippen molar-refractivity contribution in [1.82, 2.24) is 0 Å². The van der Waals surface area contributed by atoms with Gasteiger partial charge in [-0.15, -0.1) is 0 Å². The van der Waals surface area contributed by atoms with E-state index in [1.54, 1.807) is 6.07 Å². The Morgan fingerprint density at radius 3 is 2.08 bits per heavy atom. The Morgan fingerprint density at radius 1 is 0.923 bits per heavy atom. The quantitative estimate of drug-likeness (QED) is 0.542. The van der Waals surface area contributed by atoms with E-state index in [-0.39, 0.29) is 4.90 Å². The fourth-order valence-electron chi connectivity index (χ4n) is 3.59. The largest absolute Gasteiger partial charge is 0.295 e. The molecule has 26 heavy (non-hydrogen) atoms. The van der Waals surface area contributed by atoms with Crippen LogP contribution in [0.5, 0.6) is 0 Å². The lowest BCUT2D eigenvalue weighted by Crippen LogP contribution is -2.09. The summed E-state index contributed by atoms with van der Waals surface area (Å²) in [5.41, 5.74) is 1.89. The van der Waals surface area contributed by atoms with Gasteiger partial charge in [-0.3, -0.25) is 4.55 Å². The SMILES string of the molecule is CC(C)CCCc1cc2ccccc2c(S(=O)(=O)O)c1CCCC(C)C. The van der Waals surface area contributed by atoms with E-state index in [0.717, 1.165) is 48.6 Å². The van der Waals surface area contributed by atoms with E-state index in [2.05, 4.69) is 33.8 Å². The van der Waals surface area contributed by atoms with Gasteiger partial charge in [-0.25, -0.2) is 0 Å². The lowest BCUT2D eigenvalue weighted by atomic mass is 9.92. The lowest BCUT2D eigenvalue weighted by Gasteiger charge is -2.17. The average Bonchev–Trinajstić information content (AvgIpc) is 2.53. The molecule has 0 fully saturated rings. The smallest absolute Gasteiger partial charge is 0.282 e. The molecule has 1 N–H and O–H groups in total. The van der Waals surface area contributed by atoms with Gasteiger partial charge in [0.1, 0.15) is 4.90 Å². The first-order valence-electron chi connectivity index (χ1n) is 9.71. The summed E-state index contributed by atoms with van der Waals surface area (Å²) in [7, 11) is -4.27. The highest BCUT2D eigenvalue weighted by atomic mass is 32.2. The van der Waals surface area contributed by atoms with E-state index in [4.69, 9.17) is 0 Å². The van der Waals surface area contributed by atoms with Crippen molar-refractivity contribution in [2.45, 2.75) is 71.1 Å². The third kappa shape index (κ3) is 5.55. The predicted molar refractivity (Wildman–Crippen MR) is 109 cm³/mol. The zero-order valence-electron chi connectivity index (χ0n) is 16.5. The maximum atomic E-state index is 12.3. The van der Waals surface area contributed by atoms with Crippen LogP contribution in [0.2, 0.25) is 0 Å². The van der Waals surface area contributed by atoms with Crippen LogP contribution in [0, 0.1) is 11.8 Å². The minimum Gasteiger partial charge on any atom is -0.282 e. The molecule has 0 heterocycles. The summed E-state index contributed by atoms with van der Waals surface area (Å²) < 4.78 is 34.5. The van der Waals surface area contributed by atoms with Gasteiger partial charge in [0.25, 0.3) is 10.1 Å². The summed E-state index contributed by atoms with van der Waals surface area (Å²) in [5, 5.41) is 1.51. The molecule has 0 aliphatic carbocycles. The zero-order chi connectivity index (χ0) is 19.3. The number of rotatable bonds is 9. The average molecular weight is 377 g/mol. The minimum atomic E-state index is -4.27. The molecule has 0 bridgehead atoms. The van der Waals surface area contributed by atoms with E-state index < -0.39 is 10.1 Å². The van der Waals surface area contributed by atoms with Crippen molar-refractivity contribution in [1.29, 1.82) is 0 Å². The van der Waals surface area contributed by atoms with Gasteiger partial charge in [0.15, 0.2) is 0 Å². The molecule has 0 unspecified atom stereocenters. The molecule has 0 spiro atoms. The van der Waals surface area contributed by atoms with E-state index in [1.165, 1.54) is 0 Å².